The summed E-state index contributed by atoms with van der Waals surface area (Å²) in [6.07, 6.45) is 4.83. The van der Waals surface area contributed by atoms with Crippen LogP contribution in [0.15, 0.2) is 41.6 Å². The highest BCUT2D eigenvalue weighted by Crippen LogP contribution is 2.04. The molecule has 0 fully saturated rings. The Morgan fingerprint density at radius 3 is 2.76 bits per heavy atom. The zero-order valence-electron chi connectivity index (χ0n) is 9.00. The van der Waals surface area contributed by atoms with E-state index >= 15 is 0 Å². The van der Waals surface area contributed by atoms with Gasteiger partial charge in [-0.25, -0.2) is 0 Å². The molecule has 5 nitrogen and oxygen atoms in total. The highest BCUT2D eigenvalue weighted by Gasteiger charge is 2.05. The number of aromatic nitrogens is 2. The number of hydrogen-bond donors (Lipinski definition) is 1. The number of nitrogen functional groups attached to an aromatic ring is 1. The van der Waals surface area contributed by atoms with Crippen molar-refractivity contribution >= 4 is 5.69 Å². The summed E-state index contributed by atoms with van der Waals surface area (Å²) >= 11 is 0. The van der Waals surface area contributed by atoms with Crippen LogP contribution >= 0.6 is 0 Å². The maximum absolute atomic E-state index is 11.8. The largest absolute Gasteiger partial charge is 0.398 e. The minimum absolute atomic E-state index is 0.0547. The summed E-state index contributed by atoms with van der Waals surface area (Å²) in [5.41, 5.74) is 6.68. The van der Waals surface area contributed by atoms with E-state index in [1.54, 1.807) is 12.4 Å². The number of anilines is 1. The van der Waals surface area contributed by atoms with Crippen LogP contribution in [0.3, 0.4) is 0 Å². The first-order valence-corrected chi connectivity index (χ1v) is 4.99. The van der Waals surface area contributed by atoms with Gasteiger partial charge in [-0.3, -0.25) is 9.78 Å². The molecular formula is C12H10N4O. The maximum atomic E-state index is 11.8. The number of nitrogens with two attached hydrogens (primary N) is 1. The van der Waals surface area contributed by atoms with Gasteiger partial charge in [-0.05, 0) is 23.8 Å². The fourth-order valence-electron chi connectivity index (χ4n) is 1.54. The van der Waals surface area contributed by atoms with Gasteiger partial charge in [0.15, 0.2) is 0 Å². The third-order valence-electron chi connectivity index (χ3n) is 2.33. The lowest BCUT2D eigenvalue weighted by Gasteiger charge is -2.07. The molecule has 84 valence electrons. The summed E-state index contributed by atoms with van der Waals surface area (Å²) in [5, 5.41) is 8.80. The molecule has 5 heteroatoms. The highest BCUT2D eigenvalue weighted by molar-refractivity contribution is 5.42. The van der Waals surface area contributed by atoms with Gasteiger partial charge in [0.25, 0.3) is 5.56 Å². The van der Waals surface area contributed by atoms with Gasteiger partial charge in [-0.1, -0.05) is 0 Å². The van der Waals surface area contributed by atoms with Crippen LogP contribution in [-0.2, 0) is 6.54 Å². The SMILES string of the molecule is N#Cc1cc(N)cn(Cc2ccncc2)c1=O. The van der Waals surface area contributed by atoms with Crippen molar-refractivity contribution < 1.29 is 0 Å². The Balaban J connectivity index is 2.44. The highest BCUT2D eigenvalue weighted by atomic mass is 16.1. The van der Waals surface area contributed by atoms with Crippen molar-refractivity contribution in [3.63, 3.8) is 0 Å². The van der Waals surface area contributed by atoms with Crippen LogP contribution in [0.25, 0.3) is 0 Å². The summed E-state index contributed by atoms with van der Waals surface area (Å²) in [5.74, 6) is 0. The Labute approximate surface area is 97.8 Å². The normalized spacial score (nSPS) is 9.82. The third kappa shape index (κ3) is 2.32. The van der Waals surface area contributed by atoms with E-state index in [-0.39, 0.29) is 11.1 Å². The van der Waals surface area contributed by atoms with Crippen LogP contribution < -0.4 is 11.3 Å². The van der Waals surface area contributed by atoms with Crippen LogP contribution in [0.5, 0.6) is 0 Å². The number of pyridine rings is 2. The first-order valence-electron chi connectivity index (χ1n) is 4.99. The van der Waals surface area contributed by atoms with Crippen molar-refractivity contribution in [2.24, 2.45) is 0 Å². The summed E-state index contributed by atoms with van der Waals surface area (Å²) < 4.78 is 1.42. The van der Waals surface area contributed by atoms with Gasteiger partial charge in [0.1, 0.15) is 11.6 Å². The smallest absolute Gasteiger partial charge is 0.268 e. The molecular weight excluding hydrogens is 216 g/mol. The number of rotatable bonds is 2. The Hall–Kier alpha value is -2.61. The molecule has 17 heavy (non-hydrogen) atoms. The minimum Gasteiger partial charge on any atom is -0.398 e. The lowest BCUT2D eigenvalue weighted by atomic mass is 10.2. The molecule has 0 saturated heterocycles. The predicted molar refractivity (Wildman–Crippen MR) is 63.2 cm³/mol. The van der Waals surface area contributed by atoms with Gasteiger partial charge >= 0.3 is 0 Å². The summed E-state index contributed by atoms with van der Waals surface area (Å²) in [6.45, 7) is 0.376. The zero-order valence-corrected chi connectivity index (χ0v) is 9.00. The molecule has 2 heterocycles. The van der Waals surface area contributed by atoms with E-state index in [4.69, 9.17) is 11.0 Å². The molecule has 0 radical (unpaired) electrons. The maximum Gasteiger partial charge on any atom is 0.268 e. The van der Waals surface area contributed by atoms with Gasteiger partial charge < -0.3 is 10.3 Å². The molecule has 0 amide bonds. The van der Waals surface area contributed by atoms with Gasteiger partial charge in [0, 0.05) is 24.3 Å². The summed E-state index contributed by atoms with van der Waals surface area (Å²) in [4.78, 5) is 15.7. The first-order chi connectivity index (χ1) is 8.20. The van der Waals surface area contributed by atoms with E-state index in [1.807, 2.05) is 18.2 Å². The van der Waals surface area contributed by atoms with E-state index in [2.05, 4.69) is 4.98 Å². The molecule has 0 atom stereocenters. The molecule has 2 N–H and O–H groups in total. The quantitative estimate of drug-likeness (QED) is 0.818. The Bertz CT molecular complexity index is 625. The Morgan fingerprint density at radius 2 is 2.12 bits per heavy atom. The average Bonchev–Trinajstić information content (AvgIpc) is 2.34. The monoisotopic (exact) mass is 226 g/mol. The molecule has 0 aromatic carbocycles. The molecule has 0 unspecified atom stereocenters. The molecule has 0 aliphatic carbocycles. The molecule has 0 bridgehead atoms. The standard InChI is InChI=1S/C12H10N4O/c13-6-10-5-11(14)8-16(12(10)17)7-9-1-3-15-4-2-9/h1-5,8H,7,14H2. The predicted octanol–water partition coefficient (Wildman–Crippen LogP) is 0.745. The molecule has 0 saturated carbocycles. The second kappa shape index (κ2) is 4.49. The van der Waals surface area contributed by atoms with Crippen molar-refractivity contribution in [3.8, 4) is 6.07 Å². The van der Waals surface area contributed by atoms with Crippen molar-refractivity contribution in [2.45, 2.75) is 6.54 Å². The second-order valence-corrected chi connectivity index (χ2v) is 3.59. The second-order valence-electron chi connectivity index (χ2n) is 3.59. The third-order valence-corrected chi connectivity index (χ3v) is 2.33. The van der Waals surface area contributed by atoms with Crippen molar-refractivity contribution in [1.29, 1.82) is 5.26 Å². The lowest BCUT2D eigenvalue weighted by Crippen LogP contribution is -2.23. The van der Waals surface area contributed by atoms with Crippen molar-refractivity contribution in [3.05, 3.63) is 58.3 Å². The zero-order chi connectivity index (χ0) is 12.3. The average molecular weight is 226 g/mol. The van der Waals surface area contributed by atoms with E-state index in [0.29, 0.717) is 12.2 Å². The topological polar surface area (TPSA) is 84.7 Å². The Morgan fingerprint density at radius 1 is 1.41 bits per heavy atom. The van der Waals surface area contributed by atoms with Crippen LogP contribution in [0.4, 0.5) is 5.69 Å². The van der Waals surface area contributed by atoms with Crippen LogP contribution in [0.1, 0.15) is 11.1 Å². The fourth-order valence-corrected chi connectivity index (χ4v) is 1.54. The van der Waals surface area contributed by atoms with Crippen LogP contribution in [-0.4, -0.2) is 9.55 Å². The van der Waals surface area contributed by atoms with Gasteiger partial charge in [-0.15, -0.1) is 0 Å². The molecule has 0 aliphatic heterocycles. The molecule has 0 aliphatic rings. The number of nitrogens with zero attached hydrogens (tertiary/aromatic N) is 3. The summed E-state index contributed by atoms with van der Waals surface area (Å²) in [7, 11) is 0. The van der Waals surface area contributed by atoms with Crippen LogP contribution in [0, 0.1) is 11.3 Å². The minimum atomic E-state index is -0.335. The number of nitriles is 1. The molecule has 2 aromatic rings. The van der Waals surface area contributed by atoms with Gasteiger partial charge in [0.2, 0.25) is 0 Å². The van der Waals surface area contributed by atoms with E-state index in [9.17, 15) is 4.79 Å². The van der Waals surface area contributed by atoms with Crippen molar-refractivity contribution in [2.75, 3.05) is 5.73 Å². The van der Waals surface area contributed by atoms with Crippen LogP contribution in [0.2, 0.25) is 0 Å². The van der Waals surface area contributed by atoms with Gasteiger partial charge in [-0.2, -0.15) is 5.26 Å². The molecule has 0 spiro atoms. The van der Waals surface area contributed by atoms with Crippen molar-refractivity contribution in [1.82, 2.24) is 9.55 Å². The van der Waals surface area contributed by atoms with E-state index < -0.39 is 0 Å². The lowest BCUT2D eigenvalue weighted by molar-refractivity contribution is 0.757. The first kappa shape index (κ1) is 10.9. The fraction of sp³-hybridized carbons (Fsp3) is 0.0833. The Kier molecular flexibility index (Phi) is 2.88. The molecule has 2 aromatic heterocycles. The van der Waals surface area contributed by atoms with Gasteiger partial charge in [0.05, 0.1) is 6.54 Å². The van der Waals surface area contributed by atoms with E-state index in [0.717, 1.165) is 5.56 Å². The summed E-state index contributed by atoms with van der Waals surface area (Å²) in [6, 6.07) is 6.83. The number of hydrogen-bond acceptors (Lipinski definition) is 4. The molecule has 2 rings (SSSR count). The van der Waals surface area contributed by atoms with E-state index in [1.165, 1.54) is 16.8 Å².